The molecule has 164 valence electrons. The highest BCUT2D eigenvalue weighted by atomic mass is 16.6. The minimum absolute atomic E-state index is 0.103. The number of carbonyl (C=O) groups is 3. The molecule has 4 rings (SSSR count). The van der Waals surface area contributed by atoms with Crippen molar-refractivity contribution in [3.05, 3.63) is 24.3 Å². The number of hydrogen-bond acceptors (Lipinski definition) is 6. The first-order chi connectivity index (χ1) is 14.1. The van der Waals surface area contributed by atoms with Crippen molar-refractivity contribution in [3.63, 3.8) is 0 Å². The minimum atomic E-state index is -1.26. The third kappa shape index (κ3) is 2.84. The number of likely N-dealkylation sites (tertiary alicyclic amines) is 1. The molecule has 1 spiro atoms. The van der Waals surface area contributed by atoms with E-state index in [4.69, 9.17) is 9.47 Å². The van der Waals surface area contributed by atoms with E-state index in [0.29, 0.717) is 13.0 Å². The largest absolute Gasteiger partial charge is 0.461 e. The minimum Gasteiger partial charge on any atom is -0.461 e. The summed E-state index contributed by atoms with van der Waals surface area (Å²) < 4.78 is 11.9. The molecule has 8 nitrogen and oxygen atoms in total. The van der Waals surface area contributed by atoms with Crippen LogP contribution >= 0.6 is 0 Å². The maximum Gasteiger partial charge on any atom is 0.313 e. The number of esters is 1. The maximum atomic E-state index is 13.8. The zero-order valence-corrected chi connectivity index (χ0v) is 18.0. The Balaban J connectivity index is 1.87. The van der Waals surface area contributed by atoms with Crippen LogP contribution in [0.3, 0.4) is 0 Å². The lowest BCUT2D eigenvalue weighted by Gasteiger charge is -2.41. The molecule has 0 aromatic rings. The molecule has 2 amide bonds. The topological polar surface area (TPSA) is 96.4 Å². The molecule has 0 saturated carbocycles. The second-order valence-electron chi connectivity index (χ2n) is 9.66. The Hall–Kier alpha value is -2.19. The smallest absolute Gasteiger partial charge is 0.313 e. The number of carbonyl (C=O) groups excluding carboxylic acids is 3. The van der Waals surface area contributed by atoms with Crippen molar-refractivity contribution in [2.75, 3.05) is 26.3 Å². The zero-order valence-electron chi connectivity index (χ0n) is 18.0. The molecule has 5 atom stereocenters. The summed E-state index contributed by atoms with van der Waals surface area (Å²) in [5, 5.41) is 9.36. The molecule has 0 aliphatic carbocycles. The number of rotatable bonds is 3. The van der Waals surface area contributed by atoms with Gasteiger partial charge in [0.25, 0.3) is 0 Å². The Morgan fingerprint density at radius 2 is 1.87 bits per heavy atom. The number of nitrogens with zero attached hydrogens (tertiary/aromatic N) is 2. The lowest BCUT2D eigenvalue weighted by molar-refractivity contribution is -0.159. The second kappa shape index (κ2) is 6.92. The van der Waals surface area contributed by atoms with Crippen molar-refractivity contribution in [2.45, 2.75) is 56.9 Å². The van der Waals surface area contributed by atoms with Crippen LogP contribution in [0, 0.1) is 11.8 Å². The van der Waals surface area contributed by atoms with Crippen LogP contribution in [0.25, 0.3) is 0 Å². The van der Waals surface area contributed by atoms with Gasteiger partial charge in [-0.1, -0.05) is 18.2 Å². The summed E-state index contributed by atoms with van der Waals surface area (Å²) in [5.41, 5.74) is -2.76. The summed E-state index contributed by atoms with van der Waals surface area (Å²) in [4.78, 5) is 43.6. The monoisotopic (exact) mass is 418 g/mol. The second-order valence-corrected chi connectivity index (χ2v) is 9.66. The SMILES string of the molecule is CC(C)(C)N1CC=C[C@]23O[C@@]4(C)C=CCOC(=O)[C@H]4[C@H]2C(=O)N(CCCO)C3C1=O. The Labute approximate surface area is 176 Å². The van der Waals surface area contributed by atoms with Crippen molar-refractivity contribution in [1.82, 2.24) is 9.80 Å². The van der Waals surface area contributed by atoms with Crippen LogP contribution in [-0.4, -0.2) is 81.8 Å². The fourth-order valence-corrected chi connectivity index (χ4v) is 5.44. The Bertz CT molecular complexity index is 830. The van der Waals surface area contributed by atoms with Crippen LogP contribution in [0.1, 0.15) is 34.1 Å². The van der Waals surface area contributed by atoms with Crippen molar-refractivity contribution in [1.29, 1.82) is 0 Å². The van der Waals surface area contributed by atoms with Gasteiger partial charge in [0.05, 0.1) is 11.5 Å². The van der Waals surface area contributed by atoms with Gasteiger partial charge in [-0.05, 0) is 40.2 Å². The first-order valence-electron chi connectivity index (χ1n) is 10.5. The van der Waals surface area contributed by atoms with Gasteiger partial charge in [0, 0.05) is 25.2 Å². The fourth-order valence-electron chi connectivity index (χ4n) is 5.44. The quantitative estimate of drug-likeness (QED) is 0.534. The molecule has 1 N–H and O–H groups in total. The van der Waals surface area contributed by atoms with E-state index in [2.05, 4.69) is 0 Å². The molecule has 0 radical (unpaired) electrons. The summed E-state index contributed by atoms with van der Waals surface area (Å²) in [6, 6.07) is -0.899. The summed E-state index contributed by atoms with van der Waals surface area (Å²) in [7, 11) is 0. The van der Waals surface area contributed by atoms with Gasteiger partial charge in [-0.25, -0.2) is 0 Å². The van der Waals surface area contributed by atoms with Gasteiger partial charge in [-0.3, -0.25) is 14.4 Å². The van der Waals surface area contributed by atoms with Gasteiger partial charge >= 0.3 is 5.97 Å². The third-order valence-electron chi connectivity index (χ3n) is 6.68. The molecule has 0 aromatic carbocycles. The van der Waals surface area contributed by atoms with E-state index in [1.54, 1.807) is 24.0 Å². The van der Waals surface area contributed by atoms with Crippen molar-refractivity contribution >= 4 is 17.8 Å². The van der Waals surface area contributed by atoms with Gasteiger partial charge in [0.1, 0.15) is 24.2 Å². The molecule has 30 heavy (non-hydrogen) atoms. The molecular formula is C22H30N2O6. The van der Waals surface area contributed by atoms with Crippen LogP contribution in [0.15, 0.2) is 24.3 Å². The predicted octanol–water partition coefficient (Wildman–Crippen LogP) is 0.650. The number of amides is 2. The van der Waals surface area contributed by atoms with E-state index in [-0.39, 0.29) is 31.6 Å². The highest BCUT2D eigenvalue weighted by Gasteiger charge is 2.74. The average Bonchev–Trinajstić information content (AvgIpc) is 2.90. The number of ether oxygens (including phenoxy) is 2. The fraction of sp³-hybridized carbons (Fsp3) is 0.682. The Kier molecular flexibility index (Phi) is 4.86. The molecule has 0 aromatic heterocycles. The number of fused-ring (bicyclic) bond motifs is 2. The molecular weight excluding hydrogens is 388 g/mol. The van der Waals surface area contributed by atoms with Crippen LogP contribution in [0.5, 0.6) is 0 Å². The maximum absolute atomic E-state index is 13.8. The molecule has 2 fully saturated rings. The van der Waals surface area contributed by atoms with Crippen molar-refractivity contribution < 1.29 is 29.0 Å². The van der Waals surface area contributed by atoms with Gasteiger partial charge in [-0.15, -0.1) is 0 Å². The lowest BCUT2D eigenvalue weighted by Crippen LogP contribution is -2.59. The Morgan fingerprint density at radius 1 is 1.13 bits per heavy atom. The van der Waals surface area contributed by atoms with Crippen LogP contribution in [0.2, 0.25) is 0 Å². The van der Waals surface area contributed by atoms with E-state index in [1.165, 1.54) is 4.90 Å². The summed E-state index contributed by atoms with van der Waals surface area (Å²) >= 11 is 0. The van der Waals surface area contributed by atoms with E-state index < -0.39 is 40.6 Å². The normalized spacial score (nSPS) is 38.2. The van der Waals surface area contributed by atoms with E-state index in [9.17, 15) is 19.5 Å². The van der Waals surface area contributed by atoms with Gasteiger partial charge in [0.2, 0.25) is 11.8 Å². The highest BCUT2D eigenvalue weighted by Crippen LogP contribution is 2.57. The third-order valence-corrected chi connectivity index (χ3v) is 6.68. The first-order valence-corrected chi connectivity index (χ1v) is 10.5. The van der Waals surface area contributed by atoms with Crippen LogP contribution < -0.4 is 0 Å². The van der Waals surface area contributed by atoms with Gasteiger partial charge < -0.3 is 24.4 Å². The number of aliphatic hydroxyl groups is 1. The Morgan fingerprint density at radius 3 is 2.53 bits per heavy atom. The summed E-state index contributed by atoms with van der Waals surface area (Å²) in [6.45, 7) is 8.26. The van der Waals surface area contributed by atoms with Crippen LogP contribution in [0.4, 0.5) is 0 Å². The lowest BCUT2D eigenvalue weighted by atomic mass is 9.74. The molecule has 4 heterocycles. The number of hydrogen-bond donors (Lipinski definition) is 1. The summed E-state index contributed by atoms with van der Waals surface area (Å²) in [5.74, 6) is -2.70. The number of cyclic esters (lactones) is 1. The zero-order chi connectivity index (χ0) is 21.9. The van der Waals surface area contributed by atoms with Crippen molar-refractivity contribution in [2.24, 2.45) is 11.8 Å². The molecule has 0 bridgehead atoms. The van der Waals surface area contributed by atoms with Gasteiger partial charge in [0.15, 0.2) is 0 Å². The van der Waals surface area contributed by atoms with Crippen LogP contribution in [-0.2, 0) is 23.9 Å². The van der Waals surface area contributed by atoms with Crippen molar-refractivity contribution in [3.8, 4) is 0 Å². The molecule has 2 saturated heterocycles. The van der Waals surface area contributed by atoms with E-state index in [0.717, 1.165) is 0 Å². The molecule has 8 heteroatoms. The van der Waals surface area contributed by atoms with E-state index >= 15 is 0 Å². The number of aliphatic hydroxyl groups excluding tert-OH is 1. The standard InChI is InChI=1S/C22H30N2O6/c1-20(2,3)24-11-5-9-22-14(15-19(28)29-13-6-8-21(15,4)30-22)17(26)23(10-7-12-25)16(22)18(24)27/h5-6,8-9,14-16,25H,7,10-13H2,1-4H3/t14-,15+,16?,21-,22-/m0/s1. The molecule has 1 unspecified atom stereocenters. The summed E-state index contributed by atoms with van der Waals surface area (Å²) in [6.07, 6.45) is 7.52. The predicted molar refractivity (Wildman–Crippen MR) is 107 cm³/mol. The molecule has 4 aliphatic rings. The van der Waals surface area contributed by atoms with Gasteiger partial charge in [-0.2, -0.15) is 0 Å². The highest BCUT2D eigenvalue weighted by molar-refractivity contribution is 5.99. The molecule has 4 aliphatic heterocycles. The average molecular weight is 418 g/mol. The van der Waals surface area contributed by atoms with E-state index in [1.807, 2.05) is 32.9 Å². The first kappa shape index (κ1) is 21.1.